The van der Waals surface area contributed by atoms with E-state index in [0.29, 0.717) is 11.3 Å². The molecule has 2 N–H and O–H groups in total. The first-order valence-electron chi connectivity index (χ1n) is 13.8. The summed E-state index contributed by atoms with van der Waals surface area (Å²) >= 11 is 0. The van der Waals surface area contributed by atoms with Crippen LogP contribution in [0.4, 0.5) is 5.69 Å². The predicted molar refractivity (Wildman–Crippen MR) is 154 cm³/mol. The largest absolute Gasteiger partial charge is 0.343 e. The monoisotopic (exact) mass is 522 g/mol. The van der Waals surface area contributed by atoms with E-state index in [1.54, 1.807) is 43.1 Å². The predicted octanol–water partition coefficient (Wildman–Crippen LogP) is 4.44. The molecule has 208 valence electrons. The van der Waals surface area contributed by atoms with E-state index in [1.165, 1.54) is 0 Å². The van der Waals surface area contributed by atoms with Gasteiger partial charge in [0.1, 0.15) is 6.04 Å². The van der Waals surface area contributed by atoms with Crippen LogP contribution in [-0.4, -0.2) is 65.3 Å². The Hall–Kier alpha value is -3.11. The lowest BCUT2D eigenvalue weighted by Gasteiger charge is -2.39. The smallest absolute Gasteiger partial charge is 0.251 e. The van der Waals surface area contributed by atoms with Crippen LogP contribution in [0.25, 0.3) is 0 Å². The third-order valence-electron chi connectivity index (χ3n) is 7.31. The van der Waals surface area contributed by atoms with Crippen LogP contribution in [0.1, 0.15) is 73.3 Å². The van der Waals surface area contributed by atoms with Gasteiger partial charge in [0.2, 0.25) is 11.8 Å². The van der Waals surface area contributed by atoms with Crippen molar-refractivity contribution in [2.24, 2.45) is 11.8 Å². The van der Waals surface area contributed by atoms with Crippen LogP contribution in [0.3, 0.4) is 0 Å². The Morgan fingerprint density at radius 1 is 1.05 bits per heavy atom. The lowest BCUT2D eigenvalue weighted by atomic mass is 9.95. The van der Waals surface area contributed by atoms with Crippen molar-refractivity contribution >= 4 is 23.4 Å². The molecule has 1 aromatic rings. The van der Waals surface area contributed by atoms with Crippen LogP contribution >= 0.6 is 0 Å². The lowest BCUT2D eigenvalue weighted by molar-refractivity contribution is -0.140. The van der Waals surface area contributed by atoms with Crippen molar-refractivity contribution in [2.75, 3.05) is 18.9 Å². The van der Waals surface area contributed by atoms with E-state index in [9.17, 15) is 14.4 Å². The van der Waals surface area contributed by atoms with Crippen molar-refractivity contribution in [3.63, 3.8) is 0 Å². The van der Waals surface area contributed by atoms with Crippen molar-refractivity contribution in [3.05, 3.63) is 41.5 Å². The molecule has 3 atom stereocenters. The maximum Gasteiger partial charge on any atom is 0.251 e. The molecule has 1 heterocycles. The standard InChI is InChI=1S/C31H46N4O3/c1-10-24-14-16-25(17-15-24)32-29(36)23(8)19-27(20(2)3)34(9)31(38)28(21(4)5)33-30(37)26-13-11-12-18-35(26)22(6)7/h1,14-17,19-22,26-28H,11-13,18H2,2-9H3,(H,32,36)(H,33,37)/b23-19+/t26?,27-,28+/m1/s1. The number of benzene rings is 1. The molecule has 0 radical (unpaired) electrons. The normalized spacial score (nSPS) is 18.2. The van der Waals surface area contributed by atoms with Gasteiger partial charge in [0.15, 0.2) is 0 Å². The molecule has 2 rings (SSSR count). The van der Waals surface area contributed by atoms with Gasteiger partial charge in [0, 0.05) is 29.9 Å². The first-order valence-corrected chi connectivity index (χ1v) is 13.8. The molecule has 1 aromatic carbocycles. The zero-order valence-electron chi connectivity index (χ0n) is 24.4. The Kier molecular flexibility index (Phi) is 11.6. The fourth-order valence-corrected chi connectivity index (χ4v) is 4.95. The minimum atomic E-state index is -0.651. The van der Waals surface area contributed by atoms with Gasteiger partial charge in [0.05, 0.1) is 12.1 Å². The average molecular weight is 523 g/mol. The molecule has 0 bridgehead atoms. The topological polar surface area (TPSA) is 81.8 Å². The fourth-order valence-electron chi connectivity index (χ4n) is 4.95. The van der Waals surface area contributed by atoms with Crippen LogP contribution in [0.15, 0.2) is 35.9 Å². The number of anilines is 1. The Balaban J connectivity index is 2.18. The third kappa shape index (κ3) is 8.19. The summed E-state index contributed by atoms with van der Waals surface area (Å²) in [6.07, 6.45) is 10.1. The highest BCUT2D eigenvalue weighted by Gasteiger charge is 2.36. The third-order valence-corrected chi connectivity index (χ3v) is 7.31. The maximum atomic E-state index is 13.7. The molecule has 0 spiro atoms. The minimum Gasteiger partial charge on any atom is -0.343 e. The first kappa shape index (κ1) is 31.1. The van der Waals surface area contributed by atoms with E-state index in [4.69, 9.17) is 6.42 Å². The number of carbonyl (C=O) groups is 3. The molecule has 1 unspecified atom stereocenters. The number of hydrogen-bond acceptors (Lipinski definition) is 4. The second-order valence-corrected chi connectivity index (χ2v) is 11.3. The molecule has 1 saturated heterocycles. The van der Waals surface area contributed by atoms with Gasteiger partial charge < -0.3 is 15.5 Å². The first-order chi connectivity index (χ1) is 17.9. The summed E-state index contributed by atoms with van der Waals surface area (Å²) < 4.78 is 0. The lowest BCUT2D eigenvalue weighted by Crippen LogP contribution is -2.58. The molecule has 1 aliphatic heterocycles. The van der Waals surface area contributed by atoms with Crippen LogP contribution in [0.5, 0.6) is 0 Å². The highest BCUT2D eigenvalue weighted by Crippen LogP contribution is 2.22. The number of nitrogens with zero attached hydrogens (tertiary/aromatic N) is 2. The molecular formula is C31H46N4O3. The van der Waals surface area contributed by atoms with Gasteiger partial charge in [-0.1, -0.05) is 46.1 Å². The number of hydrogen-bond donors (Lipinski definition) is 2. The maximum absolute atomic E-state index is 13.7. The number of carbonyl (C=O) groups excluding carboxylic acids is 3. The van der Waals surface area contributed by atoms with Gasteiger partial charge in [-0.05, 0) is 76.3 Å². The summed E-state index contributed by atoms with van der Waals surface area (Å²) in [6.45, 7) is 14.8. The van der Waals surface area contributed by atoms with Gasteiger partial charge >= 0.3 is 0 Å². The molecule has 0 saturated carbocycles. The number of likely N-dealkylation sites (tertiary alicyclic amines) is 1. The van der Waals surface area contributed by atoms with Crippen LogP contribution in [-0.2, 0) is 14.4 Å². The molecule has 7 nitrogen and oxygen atoms in total. The molecule has 38 heavy (non-hydrogen) atoms. The van der Waals surface area contributed by atoms with E-state index >= 15 is 0 Å². The summed E-state index contributed by atoms with van der Waals surface area (Å²) in [4.78, 5) is 43.8. The summed E-state index contributed by atoms with van der Waals surface area (Å²) in [5.41, 5.74) is 1.89. The van der Waals surface area contributed by atoms with E-state index in [2.05, 4.69) is 35.3 Å². The molecule has 1 aliphatic rings. The molecule has 0 aliphatic carbocycles. The number of piperidine rings is 1. The average Bonchev–Trinajstić information content (AvgIpc) is 2.89. The van der Waals surface area contributed by atoms with E-state index < -0.39 is 6.04 Å². The second-order valence-electron chi connectivity index (χ2n) is 11.3. The zero-order chi connectivity index (χ0) is 28.6. The van der Waals surface area contributed by atoms with Crippen molar-refractivity contribution in [2.45, 2.75) is 91.9 Å². The van der Waals surface area contributed by atoms with E-state index in [1.807, 2.05) is 33.8 Å². The number of nitrogens with one attached hydrogen (secondary N) is 2. The van der Waals surface area contributed by atoms with Crippen molar-refractivity contribution in [3.8, 4) is 12.3 Å². The quantitative estimate of drug-likeness (QED) is 0.352. The van der Waals surface area contributed by atoms with Crippen LogP contribution in [0.2, 0.25) is 0 Å². The Morgan fingerprint density at radius 2 is 1.68 bits per heavy atom. The zero-order valence-corrected chi connectivity index (χ0v) is 24.4. The minimum absolute atomic E-state index is 0.0555. The van der Waals surface area contributed by atoms with E-state index in [-0.39, 0.29) is 47.7 Å². The summed E-state index contributed by atoms with van der Waals surface area (Å²) in [5.74, 6) is 2.04. The molecule has 7 heteroatoms. The van der Waals surface area contributed by atoms with Crippen molar-refractivity contribution in [1.82, 2.24) is 15.1 Å². The molecule has 1 fully saturated rings. The second kappa shape index (κ2) is 14.2. The molecule has 3 amide bonds. The Bertz CT molecular complexity index is 1040. The SMILES string of the molecule is C#Cc1ccc(NC(=O)/C(C)=C/[C@H](C(C)C)N(C)C(=O)[C@@H](NC(=O)C2CCCCN2C(C)C)C(C)C)cc1. The number of amides is 3. The van der Waals surface area contributed by atoms with Crippen LogP contribution in [0, 0.1) is 24.2 Å². The Morgan fingerprint density at radius 3 is 2.21 bits per heavy atom. The van der Waals surface area contributed by atoms with Crippen LogP contribution < -0.4 is 10.6 Å². The van der Waals surface area contributed by atoms with Gasteiger partial charge in [-0.15, -0.1) is 6.42 Å². The van der Waals surface area contributed by atoms with Crippen molar-refractivity contribution < 1.29 is 14.4 Å². The summed E-state index contributed by atoms with van der Waals surface area (Å²) in [6, 6.07) is 6.14. The van der Waals surface area contributed by atoms with Gasteiger partial charge in [-0.3, -0.25) is 19.3 Å². The Labute approximate surface area is 229 Å². The van der Waals surface area contributed by atoms with Crippen molar-refractivity contribution in [1.29, 1.82) is 0 Å². The molecule has 0 aromatic heterocycles. The van der Waals surface area contributed by atoms with E-state index in [0.717, 1.165) is 31.4 Å². The van der Waals surface area contributed by atoms with Gasteiger partial charge in [-0.25, -0.2) is 0 Å². The van der Waals surface area contributed by atoms with Gasteiger partial charge in [-0.2, -0.15) is 0 Å². The molecular weight excluding hydrogens is 476 g/mol. The number of likely N-dealkylation sites (N-methyl/N-ethyl adjacent to an activating group) is 1. The summed E-state index contributed by atoms with van der Waals surface area (Å²) in [7, 11) is 1.75. The highest BCUT2D eigenvalue weighted by atomic mass is 16.2. The van der Waals surface area contributed by atoms with Gasteiger partial charge in [0.25, 0.3) is 5.91 Å². The highest BCUT2D eigenvalue weighted by molar-refractivity contribution is 6.03. The number of rotatable bonds is 10. The number of terminal acetylenes is 1. The fraction of sp³-hybridized carbons (Fsp3) is 0.581. The summed E-state index contributed by atoms with van der Waals surface area (Å²) in [5, 5.41) is 5.96.